The molecule has 24 heteroatoms. The first-order valence-electron chi connectivity index (χ1n) is 15.6. The normalized spacial score (nSPS) is 11.9. The predicted octanol–water partition coefficient (Wildman–Crippen LogP) is 8.74. The summed E-state index contributed by atoms with van der Waals surface area (Å²) in [4.78, 5) is 0. The molecule has 0 aliphatic heterocycles. The maximum absolute atomic E-state index is 15.4. The number of halogens is 20. The molecule has 6 aromatic carbocycles. The van der Waals surface area contributed by atoms with E-state index in [0.29, 0.717) is 5.75 Å². The summed E-state index contributed by atoms with van der Waals surface area (Å²) in [5.74, 6) is -70.7. The van der Waals surface area contributed by atoms with Gasteiger partial charge in [-0.05, 0) is 11.5 Å². The lowest BCUT2D eigenvalue weighted by molar-refractivity contribution is 0.378. The van der Waals surface area contributed by atoms with Crippen molar-refractivity contribution >= 4 is 49.0 Å². The van der Waals surface area contributed by atoms with E-state index >= 15 is 35.1 Å². The van der Waals surface area contributed by atoms with E-state index in [4.69, 9.17) is 4.18 Å². The Morgan fingerprint density at radius 2 is 0.583 bits per heavy atom. The summed E-state index contributed by atoms with van der Waals surface area (Å²) in [7, 11) is -2.22. The van der Waals surface area contributed by atoms with Crippen molar-refractivity contribution in [3.05, 3.63) is 159 Å². The number of benzene rings is 6. The highest BCUT2D eigenvalue weighted by molar-refractivity contribution is 7.97. The van der Waals surface area contributed by atoms with Gasteiger partial charge in [0.1, 0.15) is 65.2 Å². The molecule has 0 aromatic heterocycles. The van der Waals surface area contributed by atoms with Crippen LogP contribution in [-0.2, 0) is 14.4 Å². The Morgan fingerprint density at radius 1 is 0.350 bits per heavy atom. The zero-order valence-electron chi connectivity index (χ0n) is 28.9. The quantitative estimate of drug-likeness (QED) is 0.0550. The summed E-state index contributed by atoms with van der Waals surface area (Å²) in [6, 6.07) is 13.7. The van der Waals surface area contributed by atoms with Crippen LogP contribution in [0.4, 0.5) is 87.8 Å². The Bertz CT molecular complexity index is 2420. The van der Waals surface area contributed by atoms with Gasteiger partial charge in [0.05, 0.1) is 0 Å². The van der Waals surface area contributed by atoms with E-state index in [-0.39, 0.29) is 0 Å². The third kappa shape index (κ3) is 6.96. The maximum atomic E-state index is 15.4. The van der Waals surface area contributed by atoms with Crippen LogP contribution in [0.5, 0.6) is 5.75 Å². The molecule has 0 unspecified atom stereocenters. The number of hydrogen-bond donors (Lipinski definition) is 0. The van der Waals surface area contributed by atoms with Crippen molar-refractivity contribution in [1.29, 1.82) is 0 Å². The first kappa shape index (κ1) is 45.3. The standard InChI is InChI=1S/C24BF20.C12H13O2S/c26-5-1(6(27)14(35)21(42)13(5)34)25(2-7(28)15(36)22(43)16(37)8(2)29,3-9(30)17(38)23(44)18(39)10(3)31)4-11(32)19(40)24(45)20(41)12(4)33;1-15(2,13)14-12-9-5-7-10-6-3-4-8-11(10)12/h;3-9H,1-2H3/q-1;+1. The minimum absolute atomic E-state index is 0.683. The molecular formula is C36H13BF20O2S. The Morgan fingerprint density at radius 3 is 0.850 bits per heavy atom. The van der Waals surface area contributed by atoms with Crippen molar-refractivity contribution in [2.24, 2.45) is 0 Å². The van der Waals surface area contributed by atoms with Crippen molar-refractivity contribution in [2.75, 3.05) is 12.5 Å². The van der Waals surface area contributed by atoms with Crippen molar-refractivity contribution in [3.63, 3.8) is 0 Å². The van der Waals surface area contributed by atoms with Gasteiger partial charge >= 0.3 is 0 Å². The van der Waals surface area contributed by atoms with Crippen LogP contribution in [0, 0.1) is 116 Å². The minimum Gasteiger partial charge on any atom is -0.286 e. The van der Waals surface area contributed by atoms with Crippen molar-refractivity contribution in [3.8, 4) is 5.75 Å². The van der Waals surface area contributed by atoms with Gasteiger partial charge in [0, 0.05) is 5.39 Å². The first-order chi connectivity index (χ1) is 27.8. The highest BCUT2D eigenvalue weighted by Crippen LogP contribution is 2.31. The van der Waals surface area contributed by atoms with E-state index in [1.165, 1.54) is 0 Å². The Labute approximate surface area is 322 Å². The van der Waals surface area contributed by atoms with E-state index in [1.54, 1.807) is 12.5 Å². The van der Waals surface area contributed by atoms with Crippen molar-refractivity contribution < 1.29 is 96.2 Å². The van der Waals surface area contributed by atoms with Crippen LogP contribution in [0.1, 0.15) is 0 Å². The van der Waals surface area contributed by atoms with Crippen molar-refractivity contribution in [1.82, 2.24) is 0 Å². The second kappa shape index (κ2) is 16.0. The molecule has 0 heterocycles. The lowest BCUT2D eigenvalue weighted by atomic mass is 9.12. The van der Waals surface area contributed by atoms with Gasteiger partial charge < -0.3 is 0 Å². The van der Waals surface area contributed by atoms with Crippen LogP contribution in [0.3, 0.4) is 0 Å². The van der Waals surface area contributed by atoms with Crippen LogP contribution in [0.15, 0.2) is 42.5 Å². The summed E-state index contributed by atoms with van der Waals surface area (Å²) in [5.41, 5.74) is -14.3. The fourth-order valence-corrected chi connectivity index (χ4v) is 6.94. The average molecular weight is 900 g/mol. The van der Waals surface area contributed by atoms with E-state index in [0.717, 1.165) is 10.8 Å². The first-order valence-corrected chi connectivity index (χ1v) is 17.9. The topological polar surface area (TPSA) is 26.3 Å². The van der Waals surface area contributed by atoms with Gasteiger partial charge in [0.25, 0.3) is 10.2 Å². The molecule has 0 bridgehead atoms. The van der Waals surface area contributed by atoms with Crippen LogP contribution in [0.25, 0.3) is 10.8 Å². The number of hydrogen-bond acceptors (Lipinski definition) is 2. The highest BCUT2D eigenvalue weighted by atomic mass is 32.3. The molecule has 6 rings (SSSR count). The number of fused-ring (bicyclic) bond motifs is 1. The average Bonchev–Trinajstić information content (AvgIpc) is 3.20. The molecule has 0 radical (unpaired) electrons. The lowest BCUT2D eigenvalue weighted by Crippen LogP contribution is -2.81. The molecule has 0 aliphatic carbocycles. The van der Waals surface area contributed by atoms with E-state index in [9.17, 15) is 56.9 Å². The largest absolute Gasteiger partial charge is 0.286 e. The minimum atomic E-state index is -7.22. The van der Waals surface area contributed by atoms with E-state index < -0.39 is 155 Å². The molecule has 6 aromatic rings. The van der Waals surface area contributed by atoms with Crippen LogP contribution < -0.4 is 26.0 Å². The molecule has 0 saturated carbocycles. The molecule has 0 N–H and O–H groups in total. The monoisotopic (exact) mass is 900 g/mol. The predicted molar refractivity (Wildman–Crippen MR) is 174 cm³/mol. The van der Waals surface area contributed by atoms with Gasteiger partial charge in [0.2, 0.25) is 0 Å². The van der Waals surface area contributed by atoms with Gasteiger partial charge in [-0.2, -0.15) is 0 Å². The Balaban J connectivity index is 0.000000379. The molecule has 0 atom stereocenters. The lowest BCUT2D eigenvalue weighted by Gasteiger charge is -2.44. The SMILES string of the molecule is C[S+](C)(=O)Oc1cccc2ccccc12.Fc1c(F)c(F)c([B-](c2c(F)c(F)c(F)c(F)c2F)(c2c(F)c(F)c(F)c(F)c2F)c2c(F)c(F)c(F)c(F)c2F)c(F)c1F. The van der Waals surface area contributed by atoms with Crippen LogP contribution >= 0.6 is 0 Å². The molecule has 318 valence electrons. The molecule has 0 aliphatic rings. The second-order valence-electron chi connectivity index (χ2n) is 12.5. The summed E-state index contributed by atoms with van der Waals surface area (Å²) in [6.45, 7) is 0. The third-order valence-electron chi connectivity index (χ3n) is 8.75. The highest BCUT2D eigenvalue weighted by Gasteiger charge is 2.52. The molecular weight excluding hydrogens is 887 g/mol. The zero-order chi connectivity index (χ0) is 45.2. The van der Waals surface area contributed by atoms with E-state index in [2.05, 4.69) is 0 Å². The molecule has 2 nitrogen and oxygen atoms in total. The summed E-state index contributed by atoms with van der Waals surface area (Å²) >= 11 is 0. The molecule has 0 saturated heterocycles. The van der Waals surface area contributed by atoms with Crippen LogP contribution in [-0.4, -0.2) is 18.7 Å². The third-order valence-corrected chi connectivity index (χ3v) is 9.33. The van der Waals surface area contributed by atoms with Gasteiger partial charge in [0.15, 0.2) is 75.6 Å². The summed E-state index contributed by atoms with van der Waals surface area (Å²) in [5, 5.41) is 2.09. The van der Waals surface area contributed by atoms with Gasteiger partial charge in [-0.25, -0.2) is 87.8 Å². The molecule has 0 fully saturated rings. The Hall–Kier alpha value is -5.81. The maximum Gasteiger partial charge on any atom is 0.253 e. The zero-order valence-corrected chi connectivity index (χ0v) is 29.7. The second-order valence-corrected chi connectivity index (χ2v) is 15.0. The van der Waals surface area contributed by atoms with Gasteiger partial charge in [-0.3, -0.25) is 4.18 Å². The summed E-state index contributed by atoms with van der Waals surface area (Å²) in [6.07, 6.45) is -4.03. The van der Waals surface area contributed by atoms with Gasteiger partial charge in [-0.15, -0.1) is 21.9 Å². The van der Waals surface area contributed by atoms with Gasteiger partial charge in [-0.1, -0.05) is 40.6 Å². The number of rotatable bonds is 6. The fraction of sp³-hybridized carbons (Fsp3) is 0.0556. The van der Waals surface area contributed by atoms with Crippen molar-refractivity contribution in [2.45, 2.75) is 0 Å². The Kier molecular flexibility index (Phi) is 12.1. The fourth-order valence-electron chi connectivity index (χ4n) is 6.36. The summed E-state index contributed by atoms with van der Waals surface area (Å²) < 4.78 is 311. The molecule has 60 heavy (non-hydrogen) atoms. The molecule has 0 amide bonds. The molecule has 0 spiro atoms. The van der Waals surface area contributed by atoms with E-state index in [1.807, 2.05) is 42.5 Å². The van der Waals surface area contributed by atoms with Crippen LogP contribution in [0.2, 0.25) is 0 Å². The smallest absolute Gasteiger partial charge is 0.253 e.